The number of hydrogen-bond donors (Lipinski definition) is 0. The van der Waals surface area contributed by atoms with Crippen molar-refractivity contribution in [3.05, 3.63) is 69.3 Å². The van der Waals surface area contributed by atoms with Crippen LogP contribution in [0, 0.1) is 5.21 Å². The van der Waals surface area contributed by atoms with Crippen LogP contribution in [0.4, 0.5) is 5.69 Å². The van der Waals surface area contributed by atoms with E-state index in [1.54, 1.807) is 12.1 Å². The highest BCUT2D eigenvalue weighted by molar-refractivity contribution is 6.42. The Morgan fingerprint density at radius 3 is 2.29 bits per heavy atom. The van der Waals surface area contributed by atoms with Crippen LogP contribution in [0.3, 0.4) is 0 Å². The second-order valence-electron chi connectivity index (χ2n) is 3.46. The van der Waals surface area contributed by atoms with Gasteiger partial charge in [-0.05, 0) is 18.2 Å². The van der Waals surface area contributed by atoms with Gasteiger partial charge in [-0.2, -0.15) is 4.74 Å². The van der Waals surface area contributed by atoms with E-state index >= 15 is 0 Å². The molecule has 86 valence electrons. The fourth-order valence-electron chi connectivity index (χ4n) is 1.37. The molecule has 0 saturated heterocycles. The Hall–Kier alpha value is -1.51. The summed E-state index contributed by atoms with van der Waals surface area (Å²) in [7, 11) is 0. The van der Waals surface area contributed by atoms with Gasteiger partial charge in [-0.25, -0.2) is 0 Å². The fourth-order valence-corrected chi connectivity index (χ4v) is 1.66. The molecule has 0 bridgehead atoms. The zero-order chi connectivity index (χ0) is 12.3. The van der Waals surface area contributed by atoms with Gasteiger partial charge in [0, 0.05) is 17.7 Å². The maximum Gasteiger partial charge on any atom is 0.218 e. The predicted molar refractivity (Wildman–Crippen MR) is 71.4 cm³/mol. The van der Waals surface area contributed by atoms with Gasteiger partial charge in [-0.3, -0.25) is 0 Å². The zero-order valence-corrected chi connectivity index (χ0v) is 10.3. The monoisotopic (exact) mass is 265 g/mol. The summed E-state index contributed by atoms with van der Waals surface area (Å²) < 4.78 is 0.761. The van der Waals surface area contributed by atoms with Crippen molar-refractivity contribution in [1.29, 1.82) is 0 Å². The van der Waals surface area contributed by atoms with Crippen molar-refractivity contribution in [1.82, 2.24) is 0 Å². The van der Waals surface area contributed by atoms with Crippen LogP contribution < -0.4 is 0 Å². The Kier molecular flexibility index (Phi) is 3.67. The van der Waals surface area contributed by atoms with Crippen molar-refractivity contribution in [3.63, 3.8) is 0 Å². The first-order valence-corrected chi connectivity index (χ1v) is 5.74. The molecule has 0 saturated carbocycles. The highest BCUT2D eigenvalue weighted by atomic mass is 35.5. The quantitative estimate of drug-likeness (QED) is 0.345. The first kappa shape index (κ1) is 12.0. The summed E-state index contributed by atoms with van der Waals surface area (Å²) >= 11 is 11.6. The second kappa shape index (κ2) is 5.21. The van der Waals surface area contributed by atoms with Crippen molar-refractivity contribution < 1.29 is 4.74 Å². The van der Waals surface area contributed by atoms with E-state index in [-0.39, 0.29) is 0 Å². The minimum atomic E-state index is 0.367. The molecule has 0 aliphatic carbocycles. The predicted octanol–water partition coefficient (Wildman–Crippen LogP) is 4.25. The largest absolute Gasteiger partial charge is 0.618 e. The molecule has 0 unspecified atom stereocenters. The Labute approximate surface area is 109 Å². The van der Waals surface area contributed by atoms with E-state index in [9.17, 15) is 5.21 Å². The van der Waals surface area contributed by atoms with Crippen molar-refractivity contribution in [2.75, 3.05) is 0 Å². The normalized spacial score (nSPS) is 11.5. The Morgan fingerprint density at radius 1 is 0.941 bits per heavy atom. The SMILES string of the molecule is [O-][N+](=Cc1ccccc1)c1ccc(Cl)c(Cl)c1. The molecular formula is C13H9Cl2NO. The maximum absolute atomic E-state index is 11.8. The molecule has 0 aliphatic heterocycles. The van der Waals surface area contributed by atoms with Crippen molar-refractivity contribution >= 4 is 35.1 Å². The lowest BCUT2D eigenvalue weighted by atomic mass is 10.2. The molecule has 2 aromatic carbocycles. The van der Waals surface area contributed by atoms with E-state index in [4.69, 9.17) is 23.2 Å². The number of rotatable bonds is 2. The molecule has 0 heterocycles. The molecule has 0 spiro atoms. The highest BCUT2D eigenvalue weighted by Crippen LogP contribution is 2.26. The van der Waals surface area contributed by atoms with Gasteiger partial charge in [0.1, 0.15) is 0 Å². The number of benzene rings is 2. The molecule has 0 fully saturated rings. The summed E-state index contributed by atoms with van der Waals surface area (Å²) in [6.45, 7) is 0. The summed E-state index contributed by atoms with van der Waals surface area (Å²) in [5.41, 5.74) is 1.27. The van der Waals surface area contributed by atoms with E-state index in [1.165, 1.54) is 12.3 Å². The van der Waals surface area contributed by atoms with Gasteiger partial charge in [0.05, 0.1) is 10.0 Å². The topological polar surface area (TPSA) is 26.1 Å². The van der Waals surface area contributed by atoms with E-state index in [1.807, 2.05) is 30.3 Å². The van der Waals surface area contributed by atoms with E-state index in [2.05, 4.69) is 0 Å². The molecule has 0 radical (unpaired) electrons. The van der Waals surface area contributed by atoms with Gasteiger partial charge >= 0.3 is 0 Å². The summed E-state index contributed by atoms with van der Waals surface area (Å²) in [5, 5.41) is 12.6. The van der Waals surface area contributed by atoms with Gasteiger partial charge in [-0.15, -0.1) is 0 Å². The Balaban J connectivity index is 2.34. The molecular weight excluding hydrogens is 257 g/mol. The Morgan fingerprint density at radius 2 is 1.65 bits per heavy atom. The molecule has 2 aromatic rings. The molecule has 0 aromatic heterocycles. The van der Waals surface area contributed by atoms with Crippen LogP contribution >= 0.6 is 23.2 Å². The average molecular weight is 266 g/mol. The summed E-state index contributed by atoms with van der Waals surface area (Å²) in [6, 6.07) is 14.1. The Bertz CT molecular complexity index is 553. The van der Waals surface area contributed by atoms with E-state index in [0.717, 1.165) is 10.3 Å². The smallest absolute Gasteiger partial charge is 0.218 e. The third-order valence-corrected chi connectivity index (χ3v) is 2.96. The van der Waals surface area contributed by atoms with Crippen LogP contribution in [0.5, 0.6) is 0 Å². The van der Waals surface area contributed by atoms with Crippen LogP contribution in [-0.2, 0) is 0 Å². The van der Waals surface area contributed by atoms with Crippen molar-refractivity contribution in [3.8, 4) is 0 Å². The van der Waals surface area contributed by atoms with E-state index in [0.29, 0.717) is 15.7 Å². The molecule has 0 amide bonds. The molecule has 0 aliphatic rings. The zero-order valence-electron chi connectivity index (χ0n) is 8.81. The van der Waals surface area contributed by atoms with E-state index < -0.39 is 0 Å². The van der Waals surface area contributed by atoms with Crippen LogP contribution in [0.25, 0.3) is 0 Å². The standard InChI is InChI=1S/C13H9Cl2NO/c14-12-7-6-11(8-13(12)15)16(17)9-10-4-2-1-3-5-10/h1-9H. The van der Waals surface area contributed by atoms with Gasteiger partial charge < -0.3 is 5.21 Å². The summed E-state index contributed by atoms with van der Waals surface area (Å²) in [4.78, 5) is 0. The van der Waals surface area contributed by atoms with Crippen LogP contribution in [0.2, 0.25) is 10.0 Å². The third kappa shape index (κ3) is 2.99. The lowest BCUT2D eigenvalue weighted by Crippen LogP contribution is -1.98. The highest BCUT2D eigenvalue weighted by Gasteiger charge is 2.05. The molecule has 17 heavy (non-hydrogen) atoms. The van der Waals surface area contributed by atoms with Crippen LogP contribution in [-0.4, -0.2) is 11.0 Å². The van der Waals surface area contributed by atoms with Gasteiger partial charge in [0.2, 0.25) is 5.69 Å². The molecule has 2 rings (SSSR count). The minimum absolute atomic E-state index is 0.367. The number of nitrogens with zero attached hydrogens (tertiary/aromatic N) is 1. The average Bonchev–Trinajstić information content (AvgIpc) is 2.34. The number of halogens is 2. The van der Waals surface area contributed by atoms with Crippen molar-refractivity contribution in [2.45, 2.75) is 0 Å². The molecule has 2 nitrogen and oxygen atoms in total. The van der Waals surface area contributed by atoms with Gasteiger partial charge in [0.25, 0.3) is 0 Å². The lowest BCUT2D eigenvalue weighted by Gasteiger charge is -2.04. The second-order valence-corrected chi connectivity index (χ2v) is 4.28. The molecule has 4 heteroatoms. The summed E-state index contributed by atoms with van der Waals surface area (Å²) in [5.74, 6) is 0. The lowest BCUT2D eigenvalue weighted by molar-refractivity contribution is -0.354. The van der Waals surface area contributed by atoms with Crippen molar-refractivity contribution in [2.24, 2.45) is 0 Å². The summed E-state index contributed by atoms with van der Waals surface area (Å²) in [6.07, 6.45) is 1.49. The van der Waals surface area contributed by atoms with Gasteiger partial charge in [0.15, 0.2) is 6.21 Å². The maximum atomic E-state index is 11.8. The van der Waals surface area contributed by atoms with Crippen LogP contribution in [0.1, 0.15) is 5.56 Å². The first-order chi connectivity index (χ1) is 8.16. The fraction of sp³-hybridized carbons (Fsp3) is 0. The van der Waals surface area contributed by atoms with Gasteiger partial charge in [-0.1, -0.05) is 41.4 Å². The minimum Gasteiger partial charge on any atom is -0.618 e. The molecule has 0 atom stereocenters. The number of hydrogen-bond acceptors (Lipinski definition) is 1. The third-order valence-electron chi connectivity index (χ3n) is 2.22. The van der Waals surface area contributed by atoms with Crippen LogP contribution in [0.15, 0.2) is 48.5 Å². The molecule has 0 N–H and O–H groups in total. The first-order valence-electron chi connectivity index (χ1n) is 4.98.